The largest absolute Gasteiger partial charge is 0.486 e. The first kappa shape index (κ1) is 11.6. The molecule has 0 saturated heterocycles. The minimum Gasteiger partial charge on any atom is -0.486 e. The van der Waals surface area contributed by atoms with Gasteiger partial charge in [0.25, 0.3) is 0 Å². The van der Waals surface area contributed by atoms with E-state index < -0.39 is 0 Å². The van der Waals surface area contributed by atoms with Crippen molar-refractivity contribution in [1.82, 2.24) is 9.78 Å². The van der Waals surface area contributed by atoms with Gasteiger partial charge in [0.1, 0.15) is 19.0 Å². The van der Waals surface area contributed by atoms with Crippen molar-refractivity contribution in [1.29, 1.82) is 0 Å². The van der Waals surface area contributed by atoms with E-state index in [1.807, 2.05) is 22.9 Å². The number of anilines is 1. The number of benzene rings is 1. The van der Waals surface area contributed by atoms with Gasteiger partial charge in [-0.1, -0.05) is 0 Å². The minimum atomic E-state index is 0.593. The second-order valence-electron chi connectivity index (χ2n) is 5.26. The van der Waals surface area contributed by atoms with Crippen molar-refractivity contribution in [3.8, 4) is 17.2 Å². The summed E-state index contributed by atoms with van der Waals surface area (Å²) in [7, 11) is 0. The predicted molar refractivity (Wildman–Crippen MR) is 75.6 cm³/mol. The number of nitrogens with zero attached hydrogens (tertiary/aromatic N) is 2. The number of hydrogen-bond acceptors (Lipinski definition) is 4. The fraction of sp³-hybridized carbons (Fsp3) is 0.400. The third-order valence-electron chi connectivity index (χ3n) is 3.98. The Hall–Kier alpha value is -2.17. The van der Waals surface area contributed by atoms with E-state index in [0.29, 0.717) is 19.0 Å². The Kier molecular flexibility index (Phi) is 2.58. The topological polar surface area (TPSA) is 62.3 Å². The maximum atomic E-state index is 6.05. The summed E-state index contributed by atoms with van der Waals surface area (Å²) in [6.07, 6.45) is 4.46. The Labute approximate surface area is 117 Å². The van der Waals surface area contributed by atoms with Crippen LogP contribution in [0.3, 0.4) is 0 Å². The lowest BCUT2D eigenvalue weighted by Crippen LogP contribution is -2.16. The second-order valence-corrected chi connectivity index (χ2v) is 5.26. The summed E-state index contributed by atoms with van der Waals surface area (Å²) in [4.78, 5) is 0. The van der Waals surface area contributed by atoms with Crippen LogP contribution in [0, 0.1) is 0 Å². The highest BCUT2D eigenvalue weighted by Gasteiger charge is 2.21. The van der Waals surface area contributed by atoms with Gasteiger partial charge in [-0.05, 0) is 37.8 Å². The van der Waals surface area contributed by atoms with E-state index in [1.54, 1.807) is 0 Å². The Morgan fingerprint density at radius 2 is 1.85 bits per heavy atom. The smallest absolute Gasteiger partial charge is 0.163 e. The van der Waals surface area contributed by atoms with E-state index in [0.717, 1.165) is 30.0 Å². The Morgan fingerprint density at radius 3 is 2.75 bits per heavy atom. The van der Waals surface area contributed by atoms with Gasteiger partial charge in [0.15, 0.2) is 11.5 Å². The summed E-state index contributed by atoms with van der Waals surface area (Å²) < 4.78 is 13.2. The standard InChI is InChI=1S/C15H17N3O2/c16-15-11-3-1-2-4-12(11)18(17-15)10-5-6-13-14(9-10)20-8-7-19-13/h5-6,9H,1-4,7-8H2,(H2,16,17). The summed E-state index contributed by atoms with van der Waals surface area (Å²) in [6.45, 7) is 1.20. The molecule has 0 radical (unpaired) electrons. The van der Waals surface area contributed by atoms with Gasteiger partial charge in [0.05, 0.1) is 5.69 Å². The van der Waals surface area contributed by atoms with Crippen molar-refractivity contribution >= 4 is 5.82 Å². The van der Waals surface area contributed by atoms with Gasteiger partial charge < -0.3 is 15.2 Å². The molecule has 2 N–H and O–H groups in total. The highest BCUT2D eigenvalue weighted by Crippen LogP contribution is 2.34. The molecule has 2 heterocycles. The van der Waals surface area contributed by atoms with Crippen LogP contribution < -0.4 is 15.2 Å². The molecular formula is C15H17N3O2. The average molecular weight is 271 g/mol. The van der Waals surface area contributed by atoms with Crippen LogP contribution in [0.2, 0.25) is 0 Å². The van der Waals surface area contributed by atoms with Crippen molar-refractivity contribution in [2.45, 2.75) is 25.7 Å². The van der Waals surface area contributed by atoms with Gasteiger partial charge >= 0.3 is 0 Å². The predicted octanol–water partition coefficient (Wildman–Crippen LogP) is 2.10. The molecule has 1 aliphatic heterocycles. The van der Waals surface area contributed by atoms with Crippen LogP contribution in [0.5, 0.6) is 11.5 Å². The number of nitrogen functional groups attached to an aromatic ring is 1. The van der Waals surface area contributed by atoms with Crippen LogP contribution in [0.15, 0.2) is 18.2 Å². The van der Waals surface area contributed by atoms with Crippen LogP contribution in [0.1, 0.15) is 24.1 Å². The van der Waals surface area contributed by atoms with Crippen LogP contribution in [-0.2, 0) is 12.8 Å². The summed E-state index contributed by atoms with van der Waals surface area (Å²) in [6, 6.07) is 5.93. The van der Waals surface area contributed by atoms with Crippen LogP contribution in [-0.4, -0.2) is 23.0 Å². The number of aromatic nitrogens is 2. The first-order valence-corrected chi connectivity index (χ1v) is 7.09. The zero-order chi connectivity index (χ0) is 13.5. The maximum Gasteiger partial charge on any atom is 0.163 e. The maximum absolute atomic E-state index is 6.05. The molecule has 1 aromatic carbocycles. The van der Waals surface area contributed by atoms with Crippen molar-refractivity contribution in [3.05, 3.63) is 29.5 Å². The molecule has 20 heavy (non-hydrogen) atoms. The van der Waals surface area contributed by atoms with Gasteiger partial charge in [-0.15, -0.1) is 0 Å². The van der Waals surface area contributed by atoms with Crippen molar-refractivity contribution in [3.63, 3.8) is 0 Å². The molecule has 1 aromatic heterocycles. The normalized spacial score (nSPS) is 16.8. The average Bonchev–Trinajstić information content (AvgIpc) is 2.85. The van der Waals surface area contributed by atoms with Crippen LogP contribution >= 0.6 is 0 Å². The Bertz CT molecular complexity index is 663. The first-order chi connectivity index (χ1) is 9.83. The zero-order valence-electron chi connectivity index (χ0n) is 11.3. The zero-order valence-corrected chi connectivity index (χ0v) is 11.3. The first-order valence-electron chi connectivity index (χ1n) is 7.09. The molecule has 1 aliphatic carbocycles. The number of ether oxygens (including phenoxy) is 2. The molecule has 0 saturated carbocycles. The molecule has 0 amide bonds. The Balaban J connectivity index is 1.81. The van der Waals surface area contributed by atoms with Gasteiger partial charge in [0, 0.05) is 17.3 Å². The highest BCUT2D eigenvalue weighted by atomic mass is 16.6. The molecule has 5 heteroatoms. The number of hydrogen-bond donors (Lipinski definition) is 1. The lowest BCUT2D eigenvalue weighted by molar-refractivity contribution is 0.171. The van der Waals surface area contributed by atoms with E-state index in [4.69, 9.17) is 15.2 Å². The molecule has 0 bridgehead atoms. The molecule has 5 nitrogen and oxygen atoms in total. The van der Waals surface area contributed by atoms with E-state index in [-0.39, 0.29) is 0 Å². The van der Waals surface area contributed by atoms with Gasteiger partial charge in [0.2, 0.25) is 0 Å². The third-order valence-corrected chi connectivity index (χ3v) is 3.98. The summed E-state index contributed by atoms with van der Waals surface area (Å²) in [5, 5.41) is 4.51. The molecule has 0 fully saturated rings. The third kappa shape index (κ3) is 1.73. The molecule has 2 aromatic rings. The lowest BCUT2D eigenvalue weighted by Gasteiger charge is -2.19. The summed E-state index contributed by atoms with van der Waals surface area (Å²) in [5.74, 6) is 2.25. The van der Waals surface area contributed by atoms with Crippen LogP contribution in [0.25, 0.3) is 5.69 Å². The van der Waals surface area contributed by atoms with Gasteiger partial charge in [-0.25, -0.2) is 4.68 Å². The number of fused-ring (bicyclic) bond motifs is 2. The van der Waals surface area contributed by atoms with Gasteiger partial charge in [-0.3, -0.25) is 0 Å². The van der Waals surface area contributed by atoms with E-state index in [9.17, 15) is 0 Å². The molecule has 4 rings (SSSR count). The molecule has 0 atom stereocenters. The molecule has 0 unspecified atom stereocenters. The molecule has 2 aliphatic rings. The summed E-state index contributed by atoms with van der Waals surface area (Å²) >= 11 is 0. The minimum absolute atomic E-state index is 0.593. The lowest BCUT2D eigenvalue weighted by atomic mass is 9.97. The molecule has 104 valence electrons. The van der Waals surface area contributed by atoms with Crippen LogP contribution in [0.4, 0.5) is 5.82 Å². The molecular weight excluding hydrogens is 254 g/mol. The number of nitrogens with two attached hydrogens (primary N) is 1. The van der Waals surface area contributed by atoms with Crippen molar-refractivity contribution in [2.75, 3.05) is 18.9 Å². The SMILES string of the molecule is Nc1nn(-c2ccc3c(c2)OCCO3)c2c1CCCC2. The number of rotatable bonds is 1. The van der Waals surface area contributed by atoms with Crippen molar-refractivity contribution < 1.29 is 9.47 Å². The fourth-order valence-electron chi connectivity index (χ4n) is 3.00. The van der Waals surface area contributed by atoms with Gasteiger partial charge in [-0.2, -0.15) is 5.10 Å². The fourth-order valence-corrected chi connectivity index (χ4v) is 3.00. The van der Waals surface area contributed by atoms with E-state index in [1.165, 1.54) is 24.1 Å². The summed E-state index contributed by atoms with van der Waals surface area (Å²) in [5.41, 5.74) is 9.49. The van der Waals surface area contributed by atoms with E-state index in [2.05, 4.69) is 5.10 Å². The highest BCUT2D eigenvalue weighted by molar-refractivity contribution is 5.53. The Morgan fingerprint density at radius 1 is 1.05 bits per heavy atom. The monoisotopic (exact) mass is 271 g/mol. The van der Waals surface area contributed by atoms with E-state index >= 15 is 0 Å². The second kappa shape index (κ2) is 4.44. The molecule has 0 spiro atoms. The quantitative estimate of drug-likeness (QED) is 0.862. The van der Waals surface area contributed by atoms with Crippen molar-refractivity contribution in [2.24, 2.45) is 0 Å².